The zero-order valence-electron chi connectivity index (χ0n) is 12.2. The summed E-state index contributed by atoms with van der Waals surface area (Å²) in [6.45, 7) is 5.05. The van der Waals surface area contributed by atoms with E-state index in [1.165, 1.54) is 5.56 Å². The Morgan fingerprint density at radius 3 is 2.45 bits per heavy atom. The predicted octanol–water partition coefficient (Wildman–Crippen LogP) is 1.04. The standard InChI is InChI=1S/C15H24N2O3/c1-12(2)13-4-3-5-14(10-13)16-15(20)11-17(6-8-18)7-9-19/h3-5,10,12,18-19H,6-9,11H2,1-2H3,(H,16,20). The molecule has 0 atom stereocenters. The fourth-order valence-corrected chi connectivity index (χ4v) is 1.93. The lowest BCUT2D eigenvalue weighted by Crippen LogP contribution is -2.37. The van der Waals surface area contributed by atoms with Gasteiger partial charge in [0.05, 0.1) is 19.8 Å². The van der Waals surface area contributed by atoms with Crippen LogP contribution in [0.1, 0.15) is 25.3 Å². The predicted molar refractivity (Wildman–Crippen MR) is 79.8 cm³/mol. The Hall–Kier alpha value is -1.43. The van der Waals surface area contributed by atoms with Crippen LogP contribution in [0.4, 0.5) is 5.69 Å². The van der Waals surface area contributed by atoms with Crippen LogP contribution in [0.15, 0.2) is 24.3 Å². The third-order valence-corrected chi connectivity index (χ3v) is 3.04. The van der Waals surface area contributed by atoms with E-state index in [9.17, 15) is 4.79 Å². The molecule has 1 rings (SSSR count). The first-order valence-corrected chi connectivity index (χ1v) is 6.90. The van der Waals surface area contributed by atoms with Gasteiger partial charge in [-0.05, 0) is 23.6 Å². The minimum Gasteiger partial charge on any atom is -0.395 e. The largest absolute Gasteiger partial charge is 0.395 e. The van der Waals surface area contributed by atoms with E-state index in [1.807, 2.05) is 24.3 Å². The molecule has 1 amide bonds. The van der Waals surface area contributed by atoms with Crippen molar-refractivity contribution in [1.29, 1.82) is 0 Å². The van der Waals surface area contributed by atoms with E-state index in [-0.39, 0.29) is 25.7 Å². The molecule has 0 aliphatic rings. The van der Waals surface area contributed by atoms with E-state index in [0.29, 0.717) is 19.0 Å². The van der Waals surface area contributed by atoms with E-state index >= 15 is 0 Å². The van der Waals surface area contributed by atoms with Crippen LogP contribution in [0.2, 0.25) is 0 Å². The Morgan fingerprint density at radius 1 is 1.25 bits per heavy atom. The second kappa shape index (κ2) is 8.68. The lowest BCUT2D eigenvalue weighted by Gasteiger charge is -2.19. The van der Waals surface area contributed by atoms with Crippen LogP contribution < -0.4 is 5.32 Å². The first-order chi connectivity index (χ1) is 9.56. The summed E-state index contributed by atoms with van der Waals surface area (Å²) in [6.07, 6.45) is 0. The Bertz CT molecular complexity index is 415. The molecule has 0 aliphatic carbocycles. The number of anilines is 1. The second-order valence-electron chi connectivity index (χ2n) is 5.05. The van der Waals surface area contributed by atoms with Crippen molar-refractivity contribution in [3.8, 4) is 0 Å². The Balaban J connectivity index is 2.58. The average Bonchev–Trinajstić information content (AvgIpc) is 2.39. The van der Waals surface area contributed by atoms with Gasteiger partial charge in [0, 0.05) is 18.8 Å². The van der Waals surface area contributed by atoms with Crippen LogP contribution in [-0.2, 0) is 4.79 Å². The summed E-state index contributed by atoms with van der Waals surface area (Å²) < 4.78 is 0. The van der Waals surface area contributed by atoms with Crippen molar-refractivity contribution in [2.45, 2.75) is 19.8 Å². The summed E-state index contributed by atoms with van der Waals surface area (Å²) >= 11 is 0. The molecule has 0 aliphatic heterocycles. The van der Waals surface area contributed by atoms with Gasteiger partial charge >= 0.3 is 0 Å². The van der Waals surface area contributed by atoms with Crippen LogP contribution in [-0.4, -0.2) is 53.9 Å². The van der Waals surface area contributed by atoms with Crippen LogP contribution in [0.5, 0.6) is 0 Å². The van der Waals surface area contributed by atoms with E-state index in [2.05, 4.69) is 19.2 Å². The van der Waals surface area contributed by atoms with E-state index in [1.54, 1.807) is 4.90 Å². The zero-order valence-corrected chi connectivity index (χ0v) is 12.2. The Kier molecular flexibility index (Phi) is 7.22. The fourth-order valence-electron chi connectivity index (χ4n) is 1.93. The number of carbonyl (C=O) groups is 1. The highest BCUT2D eigenvalue weighted by atomic mass is 16.3. The van der Waals surface area contributed by atoms with Crippen LogP contribution >= 0.6 is 0 Å². The molecular weight excluding hydrogens is 256 g/mol. The van der Waals surface area contributed by atoms with Crippen molar-refractivity contribution >= 4 is 11.6 Å². The van der Waals surface area contributed by atoms with Gasteiger partial charge in [-0.15, -0.1) is 0 Å². The van der Waals surface area contributed by atoms with E-state index in [4.69, 9.17) is 10.2 Å². The van der Waals surface area contributed by atoms with Gasteiger partial charge in [0.1, 0.15) is 0 Å². The molecule has 0 saturated carbocycles. The molecule has 0 saturated heterocycles. The number of hydrogen-bond donors (Lipinski definition) is 3. The summed E-state index contributed by atoms with van der Waals surface area (Å²) in [5, 5.41) is 20.7. The van der Waals surface area contributed by atoms with Crippen molar-refractivity contribution in [3.63, 3.8) is 0 Å². The molecule has 0 aromatic heterocycles. The van der Waals surface area contributed by atoms with Gasteiger partial charge in [-0.2, -0.15) is 0 Å². The van der Waals surface area contributed by atoms with Crippen LogP contribution in [0.25, 0.3) is 0 Å². The molecule has 112 valence electrons. The van der Waals surface area contributed by atoms with Gasteiger partial charge in [-0.25, -0.2) is 0 Å². The van der Waals surface area contributed by atoms with Crippen LogP contribution in [0, 0.1) is 0 Å². The molecule has 3 N–H and O–H groups in total. The number of aliphatic hydroxyl groups excluding tert-OH is 2. The number of aliphatic hydroxyl groups is 2. The molecule has 0 bridgehead atoms. The molecule has 0 fully saturated rings. The molecule has 0 unspecified atom stereocenters. The Morgan fingerprint density at radius 2 is 1.90 bits per heavy atom. The van der Waals surface area contributed by atoms with Gasteiger partial charge in [0.15, 0.2) is 0 Å². The SMILES string of the molecule is CC(C)c1cccc(NC(=O)CN(CCO)CCO)c1. The zero-order chi connectivity index (χ0) is 15.0. The van der Waals surface area contributed by atoms with Gasteiger partial charge in [-0.3, -0.25) is 9.69 Å². The summed E-state index contributed by atoms with van der Waals surface area (Å²) in [5.74, 6) is 0.264. The minimum atomic E-state index is -0.146. The van der Waals surface area contributed by atoms with Gasteiger partial charge in [0.25, 0.3) is 0 Å². The second-order valence-corrected chi connectivity index (χ2v) is 5.05. The number of nitrogens with one attached hydrogen (secondary N) is 1. The molecule has 0 spiro atoms. The lowest BCUT2D eigenvalue weighted by molar-refractivity contribution is -0.117. The number of carbonyl (C=O) groups excluding carboxylic acids is 1. The number of benzene rings is 1. The van der Waals surface area contributed by atoms with Crippen molar-refractivity contribution < 1.29 is 15.0 Å². The molecule has 1 aromatic rings. The van der Waals surface area contributed by atoms with Gasteiger partial charge in [0.2, 0.25) is 5.91 Å². The molecule has 1 aromatic carbocycles. The highest BCUT2D eigenvalue weighted by Gasteiger charge is 2.10. The average molecular weight is 280 g/mol. The van der Waals surface area contributed by atoms with Crippen molar-refractivity contribution in [2.75, 3.05) is 38.2 Å². The van der Waals surface area contributed by atoms with Crippen molar-refractivity contribution in [3.05, 3.63) is 29.8 Å². The number of nitrogens with zero attached hydrogens (tertiary/aromatic N) is 1. The maximum atomic E-state index is 11.9. The number of amides is 1. The summed E-state index contributed by atoms with van der Waals surface area (Å²) in [6, 6.07) is 7.77. The molecule has 20 heavy (non-hydrogen) atoms. The highest BCUT2D eigenvalue weighted by molar-refractivity contribution is 5.92. The van der Waals surface area contributed by atoms with Gasteiger partial charge in [-0.1, -0.05) is 26.0 Å². The third-order valence-electron chi connectivity index (χ3n) is 3.04. The maximum Gasteiger partial charge on any atom is 0.238 e. The first-order valence-electron chi connectivity index (χ1n) is 6.90. The fraction of sp³-hybridized carbons (Fsp3) is 0.533. The minimum absolute atomic E-state index is 0.0316. The summed E-state index contributed by atoms with van der Waals surface area (Å²) in [7, 11) is 0. The third kappa shape index (κ3) is 5.69. The van der Waals surface area contributed by atoms with E-state index in [0.717, 1.165) is 5.69 Å². The number of rotatable bonds is 8. The summed E-state index contributed by atoms with van der Waals surface area (Å²) in [5.41, 5.74) is 1.94. The van der Waals surface area contributed by atoms with Crippen molar-refractivity contribution in [2.24, 2.45) is 0 Å². The Labute approximate surface area is 120 Å². The van der Waals surface area contributed by atoms with Crippen molar-refractivity contribution in [1.82, 2.24) is 4.90 Å². The smallest absolute Gasteiger partial charge is 0.238 e. The van der Waals surface area contributed by atoms with E-state index < -0.39 is 0 Å². The maximum absolute atomic E-state index is 11.9. The molecule has 5 heteroatoms. The molecule has 5 nitrogen and oxygen atoms in total. The quantitative estimate of drug-likeness (QED) is 0.665. The van der Waals surface area contributed by atoms with Gasteiger partial charge < -0.3 is 15.5 Å². The highest BCUT2D eigenvalue weighted by Crippen LogP contribution is 2.18. The first kappa shape index (κ1) is 16.6. The summed E-state index contributed by atoms with van der Waals surface area (Å²) in [4.78, 5) is 13.6. The molecular formula is C15H24N2O3. The lowest BCUT2D eigenvalue weighted by atomic mass is 10.0. The molecule has 0 radical (unpaired) electrons. The normalized spacial score (nSPS) is 11.1. The topological polar surface area (TPSA) is 72.8 Å². The monoisotopic (exact) mass is 280 g/mol. The van der Waals surface area contributed by atoms with Crippen LogP contribution in [0.3, 0.4) is 0 Å². The number of hydrogen-bond acceptors (Lipinski definition) is 4. The molecule has 0 heterocycles.